The topological polar surface area (TPSA) is 46.5 Å². The van der Waals surface area contributed by atoms with E-state index >= 15 is 0 Å². The fourth-order valence-electron chi connectivity index (χ4n) is 0.953. The highest BCUT2D eigenvalue weighted by Crippen LogP contribution is 2.10. The van der Waals surface area contributed by atoms with E-state index in [0.29, 0.717) is 0 Å². The van der Waals surface area contributed by atoms with Crippen molar-refractivity contribution in [2.45, 2.75) is 39.2 Å². The molecular formula is C9H18O3. The first-order chi connectivity index (χ1) is 5.57. The van der Waals surface area contributed by atoms with Crippen LogP contribution in [0.5, 0.6) is 0 Å². The fraction of sp³-hybridized carbons (Fsp3) is 0.889. The largest absolute Gasteiger partial charge is 0.481 e. The molecule has 0 aliphatic carbocycles. The Morgan fingerprint density at radius 1 is 1.42 bits per heavy atom. The average molecular weight is 174 g/mol. The van der Waals surface area contributed by atoms with Crippen LogP contribution in [0.3, 0.4) is 0 Å². The first-order valence-electron chi connectivity index (χ1n) is 4.33. The fourth-order valence-corrected chi connectivity index (χ4v) is 0.953. The highest BCUT2D eigenvalue weighted by molar-refractivity contribution is 5.69. The summed E-state index contributed by atoms with van der Waals surface area (Å²) in [5.41, 5.74) is 0. The molecule has 0 aromatic carbocycles. The lowest BCUT2D eigenvalue weighted by atomic mass is 10.0. The van der Waals surface area contributed by atoms with Crippen molar-refractivity contribution in [2.75, 3.05) is 7.11 Å². The van der Waals surface area contributed by atoms with Crippen molar-refractivity contribution in [3.05, 3.63) is 0 Å². The molecule has 3 heteroatoms. The molecule has 0 aliphatic heterocycles. The second-order valence-electron chi connectivity index (χ2n) is 3.22. The van der Waals surface area contributed by atoms with Crippen molar-refractivity contribution in [1.29, 1.82) is 0 Å². The van der Waals surface area contributed by atoms with Gasteiger partial charge in [0.1, 0.15) is 0 Å². The molecule has 2 atom stereocenters. The molecule has 1 N–H and O–H groups in total. The van der Waals surface area contributed by atoms with Gasteiger partial charge in [0.15, 0.2) is 0 Å². The van der Waals surface area contributed by atoms with E-state index in [1.54, 1.807) is 14.0 Å². The molecule has 0 aromatic heterocycles. The van der Waals surface area contributed by atoms with Crippen molar-refractivity contribution in [3.63, 3.8) is 0 Å². The molecule has 3 nitrogen and oxygen atoms in total. The third-order valence-electron chi connectivity index (χ3n) is 2.07. The van der Waals surface area contributed by atoms with Crippen LogP contribution < -0.4 is 0 Å². The van der Waals surface area contributed by atoms with Crippen LogP contribution in [0, 0.1) is 5.92 Å². The number of methoxy groups -OCH3 is 1. The van der Waals surface area contributed by atoms with E-state index in [2.05, 4.69) is 0 Å². The summed E-state index contributed by atoms with van der Waals surface area (Å²) in [5, 5.41) is 8.57. The summed E-state index contributed by atoms with van der Waals surface area (Å²) in [6.07, 6.45) is 2.84. The first-order valence-corrected chi connectivity index (χ1v) is 4.33. The van der Waals surface area contributed by atoms with Crippen LogP contribution in [0.1, 0.15) is 33.1 Å². The van der Waals surface area contributed by atoms with Crippen molar-refractivity contribution < 1.29 is 14.6 Å². The number of carboxylic acid groups (broad SMARTS) is 1. The number of carbonyl (C=O) groups is 1. The van der Waals surface area contributed by atoms with Crippen molar-refractivity contribution >= 4 is 5.97 Å². The lowest BCUT2D eigenvalue weighted by Crippen LogP contribution is -2.11. The van der Waals surface area contributed by atoms with E-state index in [1.165, 1.54) is 0 Å². The lowest BCUT2D eigenvalue weighted by molar-refractivity contribution is -0.141. The minimum absolute atomic E-state index is 0.228. The van der Waals surface area contributed by atoms with Crippen LogP contribution in [0.2, 0.25) is 0 Å². The number of rotatable bonds is 6. The Bertz CT molecular complexity index is 134. The molecule has 0 saturated carbocycles. The van der Waals surface area contributed by atoms with Crippen LogP contribution in [0.25, 0.3) is 0 Å². The summed E-state index contributed by atoms with van der Waals surface area (Å²) in [5.74, 6) is -0.936. The Morgan fingerprint density at radius 3 is 2.42 bits per heavy atom. The van der Waals surface area contributed by atoms with Crippen LogP contribution in [-0.4, -0.2) is 24.3 Å². The number of hydrogen-bond acceptors (Lipinski definition) is 2. The summed E-state index contributed by atoms with van der Waals surface area (Å²) in [7, 11) is 1.67. The zero-order valence-electron chi connectivity index (χ0n) is 8.04. The SMILES string of the molecule is COC(C)CCC[C@@H](C)C(=O)O. The predicted molar refractivity (Wildman–Crippen MR) is 47.1 cm³/mol. The lowest BCUT2D eigenvalue weighted by Gasteiger charge is -2.10. The van der Waals surface area contributed by atoms with E-state index in [0.717, 1.165) is 19.3 Å². The maximum absolute atomic E-state index is 10.4. The molecule has 0 rings (SSSR count). The summed E-state index contributed by atoms with van der Waals surface area (Å²) in [6, 6.07) is 0. The molecule has 0 saturated heterocycles. The number of ether oxygens (including phenoxy) is 1. The van der Waals surface area contributed by atoms with Gasteiger partial charge in [-0.3, -0.25) is 4.79 Å². The molecule has 0 aliphatic rings. The summed E-state index contributed by atoms with van der Waals surface area (Å²) < 4.78 is 5.05. The van der Waals surface area contributed by atoms with Crippen LogP contribution in [0.4, 0.5) is 0 Å². The molecule has 1 unspecified atom stereocenters. The molecule has 0 spiro atoms. The van der Waals surface area contributed by atoms with E-state index < -0.39 is 5.97 Å². The Balaban J connectivity index is 3.37. The molecule has 12 heavy (non-hydrogen) atoms. The van der Waals surface area contributed by atoms with Gasteiger partial charge in [0.2, 0.25) is 0 Å². The summed E-state index contributed by atoms with van der Waals surface area (Å²) in [4.78, 5) is 10.4. The van der Waals surface area contributed by atoms with E-state index in [9.17, 15) is 4.79 Å². The molecule has 0 bridgehead atoms. The van der Waals surface area contributed by atoms with Crippen LogP contribution in [0.15, 0.2) is 0 Å². The third-order valence-corrected chi connectivity index (χ3v) is 2.07. The van der Waals surface area contributed by atoms with E-state index in [4.69, 9.17) is 9.84 Å². The summed E-state index contributed by atoms with van der Waals surface area (Å²) in [6.45, 7) is 3.73. The molecule has 0 aromatic rings. The van der Waals surface area contributed by atoms with Crippen molar-refractivity contribution in [2.24, 2.45) is 5.92 Å². The molecular weight excluding hydrogens is 156 g/mol. The van der Waals surface area contributed by atoms with Gasteiger partial charge in [-0.1, -0.05) is 13.3 Å². The molecule has 72 valence electrons. The van der Waals surface area contributed by atoms with Crippen LogP contribution >= 0.6 is 0 Å². The molecule has 0 amide bonds. The normalized spacial score (nSPS) is 15.6. The Hall–Kier alpha value is -0.570. The maximum atomic E-state index is 10.4. The highest BCUT2D eigenvalue weighted by atomic mass is 16.5. The second-order valence-corrected chi connectivity index (χ2v) is 3.22. The average Bonchev–Trinajstić information content (AvgIpc) is 2.03. The zero-order valence-corrected chi connectivity index (χ0v) is 8.04. The minimum Gasteiger partial charge on any atom is -0.481 e. The minimum atomic E-state index is -0.708. The van der Waals surface area contributed by atoms with Gasteiger partial charge in [0.05, 0.1) is 12.0 Å². The van der Waals surface area contributed by atoms with Crippen LogP contribution in [-0.2, 0) is 9.53 Å². The van der Waals surface area contributed by atoms with Gasteiger partial charge >= 0.3 is 5.97 Å². The standard InChI is InChI=1S/C9H18O3/c1-7(9(10)11)5-4-6-8(2)12-3/h7-8H,4-6H2,1-3H3,(H,10,11)/t7-,8?/m1/s1. The van der Waals surface area contributed by atoms with Crippen molar-refractivity contribution in [1.82, 2.24) is 0 Å². The number of aliphatic carboxylic acids is 1. The van der Waals surface area contributed by atoms with E-state index in [-0.39, 0.29) is 12.0 Å². The van der Waals surface area contributed by atoms with Gasteiger partial charge in [0.25, 0.3) is 0 Å². The Kier molecular flexibility index (Phi) is 5.72. The number of carboxylic acids is 1. The second kappa shape index (κ2) is 6.00. The highest BCUT2D eigenvalue weighted by Gasteiger charge is 2.10. The quantitative estimate of drug-likeness (QED) is 0.669. The van der Waals surface area contributed by atoms with Gasteiger partial charge in [-0.15, -0.1) is 0 Å². The first kappa shape index (κ1) is 11.4. The van der Waals surface area contributed by atoms with Gasteiger partial charge in [-0.05, 0) is 19.8 Å². The zero-order chi connectivity index (χ0) is 9.56. The van der Waals surface area contributed by atoms with Gasteiger partial charge in [-0.2, -0.15) is 0 Å². The molecule has 0 fully saturated rings. The third kappa shape index (κ3) is 5.13. The smallest absolute Gasteiger partial charge is 0.306 e. The number of hydrogen-bond donors (Lipinski definition) is 1. The Morgan fingerprint density at radius 2 is 2.00 bits per heavy atom. The Labute approximate surface area is 73.7 Å². The maximum Gasteiger partial charge on any atom is 0.306 e. The monoisotopic (exact) mass is 174 g/mol. The van der Waals surface area contributed by atoms with E-state index in [1.807, 2.05) is 6.92 Å². The summed E-state index contributed by atoms with van der Waals surface area (Å²) >= 11 is 0. The molecule has 0 radical (unpaired) electrons. The van der Waals surface area contributed by atoms with Gasteiger partial charge in [-0.25, -0.2) is 0 Å². The van der Waals surface area contributed by atoms with Crippen molar-refractivity contribution in [3.8, 4) is 0 Å². The van der Waals surface area contributed by atoms with Gasteiger partial charge < -0.3 is 9.84 Å². The molecule has 0 heterocycles. The van der Waals surface area contributed by atoms with Gasteiger partial charge in [0, 0.05) is 7.11 Å². The predicted octanol–water partition coefficient (Wildman–Crippen LogP) is 1.91.